The zero-order chi connectivity index (χ0) is 21.3. The molecule has 0 saturated heterocycles. The van der Waals surface area contributed by atoms with Crippen molar-refractivity contribution in [1.29, 1.82) is 0 Å². The van der Waals surface area contributed by atoms with Crippen molar-refractivity contribution in [1.82, 2.24) is 9.71 Å². The van der Waals surface area contributed by atoms with Gasteiger partial charge < -0.3 is 9.84 Å². The molecule has 0 unspecified atom stereocenters. The van der Waals surface area contributed by atoms with E-state index in [-0.39, 0.29) is 16.2 Å². The number of sulfonamides is 1. The molecule has 0 saturated carbocycles. The van der Waals surface area contributed by atoms with Gasteiger partial charge in [-0.15, -0.1) is 11.3 Å². The number of rotatable bonds is 6. The van der Waals surface area contributed by atoms with Crippen LogP contribution in [0, 0.1) is 0 Å². The van der Waals surface area contributed by atoms with Crippen LogP contribution in [-0.2, 0) is 15.6 Å². The average Bonchev–Trinajstić information content (AvgIpc) is 3.05. The van der Waals surface area contributed by atoms with E-state index >= 15 is 0 Å². The van der Waals surface area contributed by atoms with Crippen LogP contribution in [0.1, 0.15) is 69.4 Å². The third kappa shape index (κ3) is 5.09. The maximum absolute atomic E-state index is 12.5. The number of aromatic nitrogens is 1. The Labute approximate surface area is 169 Å². The summed E-state index contributed by atoms with van der Waals surface area (Å²) in [5.41, 5.74) is 0.406. The van der Waals surface area contributed by atoms with E-state index in [9.17, 15) is 18.3 Å². The molecule has 7 nitrogen and oxygen atoms in total. The Morgan fingerprint density at radius 3 is 2.14 bits per heavy atom. The number of para-hydroxylation sites is 1. The molecule has 1 aromatic carbocycles. The van der Waals surface area contributed by atoms with Gasteiger partial charge >= 0.3 is 6.09 Å². The summed E-state index contributed by atoms with van der Waals surface area (Å²) in [6.45, 7) is 10.9. The second kappa shape index (κ2) is 8.18. The van der Waals surface area contributed by atoms with E-state index in [0.717, 1.165) is 22.5 Å². The van der Waals surface area contributed by atoms with E-state index in [0.29, 0.717) is 10.6 Å². The Morgan fingerprint density at radius 2 is 1.71 bits per heavy atom. The number of nitrogens with one attached hydrogen (secondary N) is 1. The Kier molecular flexibility index (Phi) is 6.52. The van der Waals surface area contributed by atoms with Gasteiger partial charge in [-0.25, -0.2) is 14.5 Å². The summed E-state index contributed by atoms with van der Waals surface area (Å²) in [5, 5.41) is 9.97. The van der Waals surface area contributed by atoms with Crippen molar-refractivity contribution in [3.05, 3.63) is 40.4 Å². The predicted octanol–water partition coefficient (Wildman–Crippen LogP) is 4.09. The molecule has 28 heavy (non-hydrogen) atoms. The molecule has 1 amide bonds. The molecule has 0 aliphatic rings. The molecule has 2 rings (SSSR count). The summed E-state index contributed by atoms with van der Waals surface area (Å²) < 4.78 is 31.9. The van der Waals surface area contributed by atoms with Crippen LogP contribution in [0.5, 0.6) is 5.75 Å². The lowest BCUT2D eigenvalue weighted by molar-refractivity contribution is 0.0823. The zero-order valence-corrected chi connectivity index (χ0v) is 18.4. The summed E-state index contributed by atoms with van der Waals surface area (Å²) in [6.07, 6.45) is 0.171. The first-order valence-corrected chi connectivity index (χ1v) is 11.2. The van der Waals surface area contributed by atoms with Crippen molar-refractivity contribution in [2.75, 3.05) is 0 Å². The van der Waals surface area contributed by atoms with Crippen molar-refractivity contribution < 1.29 is 23.1 Å². The van der Waals surface area contributed by atoms with E-state index in [1.807, 2.05) is 50.6 Å². The number of carbonyl (C=O) groups excluding carboxylic acids is 1. The highest BCUT2D eigenvalue weighted by Crippen LogP contribution is 2.34. The number of benzene rings is 1. The number of ether oxygens (including phenoxy) is 1. The monoisotopic (exact) mass is 426 g/mol. The number of hydrogen-bond acceptors (Lipinski definition) is 7. The fourth-order valence-electron chi connectivity index (χ4n) is 2.53. The summed E-state index contributed by atoms with van der Waals surface area (Å²) >= 11 is 0.792. The van der Waals surface area contributed by atoms with Crippen LogP contribution in [-0.4, -0.2) is 24.6 Å². The number of amides is 1. The van der Waals surface area contributed by atoms with Gasteiger partial charge in [0.2, 0.25) is 4.34 Å². The molecule has 0 spiro atoms. The Hall–Kier alpha value is -1.97. The van der Waals surface area contributed by atoms with E-state index < -0.39 is 21.7 Å². The number of nitrogens with zero attached hydrogens (tertiary/aromatic N) is 1. The Balaban J connectivity index is 2.28. The van der Waals surface area contributed by atoms with E-state index in [1.165, 1.54) is 20.0 Å². The van der Waals surface area contributed by atoms with Gasteiger partial charge in [0, 0.05) is 6.20 Å². The Bertz CT molecular complexity index is 931. The number of hydrogen-bond donors (Lipinski definition) is 2. The first-order valence-electron chi connectivity index (χ1n) is 8.89. The maximum atomic E-state index is 12.5. The molecule has 154 valence electrons. The summed E-state index contributed by atoms with van der Waals surface area (Å²) in [5.74, 6) is 0.550. The van der Waals surface area contributed by atoms with Gasteiger partial charge in [0.1, 0.15) is 5.75 Å². The smallest absolute Gasteiger partial charge is 0.409 e. The van der Waals surface area contributed by atoms with Crippen molar-refractivity contribution in [3.63, 3.8) is 0 Å². The highest BCUT2D eigenvalue weighted by atomic mass is 32.2. The van der Waals surface area contributed by atoms with E-state index in [1.54, 1.807) is 0 Å². The second-order valence-corrected chi connectivity index (χ2v) is 10.5. The van der Waals surface area contributed by atoms with Crippen LogP contribution >= 0.6 is 11.3 Å². The minimum absolute atomic E-state index is 0.0893. The van der Waals surface area contributed by atoms with Crippen LogP contribution in [0.4, 0.5) is 4.79 Å². The van der Waals surface area contributed by atoms with Gasteiger partial charge in [-0.3, -0.25) is 0 Å². The molecule has 0 radical (unpaired) electrons. The minimum Gasteiger partial charge on any atom is -0.409 e. The van der Waals surface area contributed by atoms with Crippen LogP contribution in [0.2, 0.25) is 0 Å². The van der Waals surface area contributed by atoms with Gasteiger partial charge in [-0.05, 0) is 36.8 Å². The molecule has 0 bridgehead atoms. The highest BCUT2D eigenvalue weighted by Gasteiger charge is 2.28. The van der Waals surface area contributed by atoms with Gasteiger partial charge in [-0.1, -0.05) is 45.9 Å². The molecule has 0 aliphatic heterocycles. The largest absolute Gasteiger partial charge is 0.426 e. The van der Waals surface area contributed by atoms with Crippen LogP contribution < -0.4 is 9.46 Å². The number of carbonyl (C=O) groups is 1. The first kappa shape index (κ1) is 22.3. The van der Waals surface area contributed by atoms with E-state index in [2.05, 4.69) is 4.98 Å². The lowest BCUT2D eigenvalue weighted by atomic mass is 9.94. The average molecular weight is 427 g/mol. The van der Waals surface area contributed by atoms with Crippen molar-refractivity contribution in [3.8, 4) is 5.75 Å². The van der Waals surface area contributed by atoms with Crippen molar-refractivity contribution >= 4 is 27.5 Å². The summed E-state index contributed by atoms with van der Waals surface area (Å²) in [6, 6.07) is 5.59. The van der Waals surface area contributed by atoms with Crippen molar-refractivity contribution in [2.24, 2.45) is 0 Å². The molecule has 0 fully saturated rings. The summed E-state index contributed by atoms with van der Waals surface area (Å²) in [4.78, 5) is 16.5. The molecule has 0 aliphatic carbocycles. The molecule has 1 heterocycles. The third-order valence-corrected chi connectivity index (χ3v) is 7.06. The van der Waals surface area contributed by atoms with Crippen LogP contribution in [0.3, 0.4) is 0 Å². The van der Waals surface area contributed by atoms with E-state index in [4.69, 9.17) is 4.74 Å². The molecular weight excluding hydrogens is 400 g/mol. The maximum Gasteiger partial charge on any atom is 0.426 e. The highest BCUT2D eigenvalue weighted by molar-refractivity contribution is 7.92. The number of thiazole rings is 1. The quantitative estimate of drug-likeness (QED) is 0.720. The summed E-state index contributed by atoms with van der Waals surface area (Å²) in [7, 11) is -4.21. The van der Waals surface area contributed by atoms with Gasteiger partial charge in [-0.2, -0.15) is 8.42 Å². The molecule has 1 aromatic heterocycles. The molecule has 2 N–H and O–H groups in total. The Morgan fingerprint density at radius 1 is 1.18 bits per heavy atom. The molecular formula is C19H26N2O5S2. The van der Waals surface area contributed by atoms with Gasteiger partial charge in [0.15, 0.2) is 0 Å². The zero-order valence-electron chi connectivity index (χ0n) is 16.8. The topological polar surface area (TPSA) is 106 Å². The molecule has 0 atom stereocenters. The SMILES string of the molecule is CC(C)c1cccc(C(C)C)c1OC(=O)NS(=O)(=O)c1ncc(C(C)(C)O)s1. The lowest BCUT2D eigenvalue weighted by Gasteiger charge is -2.18. The normalized spacial score (nSPS) is 12.5. The molecule has 9 heteroatoms. The fourth-order valence-corrected chi connectivity index (χ4v) is 4.55. The van der Waals surface area contributed by atoms with Gasteiger partial charge in [0.25, 0.3) is 10.0 Å². The molecule has 2 aromatic rings. The third-order valence-electron chi connectivity index (χ3n) is 4.05. The fraction of sp³-hybridized carbons (Fsp3) is 0.474. The standard InChI is InChI=1S/C19H26N2O5S2/c1-11(2)13-8-7-9-14(12(3)4)16(13)26-17(22)21-28(24,25)18-20-10-15(27-18)19(5,6)23/h7-12,23H,1-6H3,(H,21,22). The van der Waals surface area contributed by atoms with Crippen LogP contribution in [0.15, 0.2) is 28.7 Å². The second-order valence-electron chi connectivity index (χ2n) is 7.62. The minimum atomic E-state index is -4.21. The van der Waals surface area contributed by atoms with Crippen molar-refractivity contribution in [2.45, 2.75) is 63.3 Å². The van der Waals surface area contributed by atoms with Gasteiger partial charge in [0.05, 0.1) is 10.5 Å². The lowest BCUT2D eigenvalue weighted by Crippen LogP contribution is -2.33. The number of aliphatic hydroxyl groups is 1. The predicted molar refractivity (Wildman–Crippen MR) is 108 cm³/mol. The van der Waals surface area contributed by atoms with Crippen LogP contribution in [0.25, 0.3) is 0 Å². The first-order chi connectivity index (χ1) is 12.8.